The van der Waals surface area contributed by atoms with E-state index in [0.717, 1.165) is 38.8 Å². The highest BCUT2D eigenvalue weighted by molar-refractivity contribution is 5.79. The molecule has 1 aromatic carbocycles. The number of guanidine groups is 1. The Morgan fingerprint density at radius 3 is 2.56 bits per heavy atom. The van der Waals surface area contributed by atoms with Gasteiger partial charge in [-0.05, 0) is 31.0 Å². The summed E-state index contributed by atoms with van der Waals surface area (Å²) < 4.78 is 5.41. The van der Waals surface area contributed by atoms with E-state index in [9.17, 15) is 0 Å². The molecule has 1 saturated heterocycles. The van der Waals surface area contributed by atoms with Crippen LogP contribution in [0.4, 0.5) is 5.69 Å². The highest BCUT2D eigenvalue weighted by atomic mass is 16.5. The zero-order valence-corrected chi connectivity index (χ0v) is 16.1. The number of nitrogens with one attached hydrogen (secondary N) is 2. The van der Waals surface area contributed by atoms with Crippen molar-refractivity contribution < 1.29 is 4.74 Å². The van der Waals surface area contributed by atoms with Crippen LogP contribution >= 0.6 is 0 Å². The van der Waals surface area contributed by atoms with Crippen LogP contribution in [-0.4, -0.2) is 45.4 Å². The topological polar surface area (TPSA) is 48.9 Å². The third-order valence-corrected chi connectivity index (χ3v) is 4.62. The van der Waals surface area contributed by atoms with Crippen molar-refractivity contribution in [1.29, 1.82) is 0 Å². The summed E-state index contributed by atoms with van der Waals surface area (Å²) in [5.74, 6) is 0.876. The fraction of sp³-hybridized carbons (Fsp3) is 0.650. The molecule has 2 rings (SSSR count). The number of aliphatic imine (C=N–C) groups is 1. The molecule has 1 aliphatic rings. The monoisotopic (exact) mass is 346 g/mol. The Balaban J connectivity index is 1.76. The summed E-state index contributed by atoms with van der Waals surface area (Å²) >= 11 is 0. The molecule has 5 heteroatoms. The standard InChI is InChI=1S/C20H34N4O/c1-4-5-6-7-17(2)23-20(21-3)22-16-18-8-10-19(11-9-18)24-12-14-25-15-13-24/h8-11,17H,4-7,12-16H2,1-3H3,(H2,21,22,23). The number of hydrogen-bond acceptors (Lipinski definition) is 3. The highest BCUT2D eigenvalue weighted by Crippen LogP contribution is 2.16. The van der Waals surface area contributed by atoms with Crippen molar-refractivity contribution in [2.24, 2.45) is 4.99 Å². The van der Waals surface area contributed by atoms with Gasteiger partial charge in [0.15, 0.2) is 5.96 Å². The van der Waals surface area contributed by atoms with Gasteiger partial charge in [-0.2, -0.15) is 0 Å². The van der Waals surface area contributed by atoms with E-state index in [4.69, 9.17) is 4.74 Å². The molecule has 1 unspecified atom stereocenters. The van der Waals surface area contributed by atoms with Gasteiger partial charge in [-0.15, -0.1) is 0 Å². The first kappa shape index (κ1) is 19.6. The lowest BCUT2D eigenvalue weighted by atomic mass is 10.1. The van der Waals surface area contributed by atoms with Crippen molar-refractivity contribution in [1.82, 2.24) is 10.6 Å². The Hall–Kier alpha value is -1.75. The molecule has 1 aliphatic heterocycles. The van der Waals surface area contributed by atoms with Crippen molar-refractivity contribution >= 4 is 11.6 Å². The number of unbranched alkanes of at least 4 members (excludes halogenated alkanes) is 2. The summed E-state index contributed by atoms with van der Waals surface area (Å²) in [4.78, 5) is 6.71. The summed E-state index contributed by atoms with van der Waals surface area (Å²) in [5, 5.41) is 6.89. The highest BCUT2D eigenvalue weighted by Gasteiger charge is 2.11. The van der Waals surface area contributed by atoms with E-state index in [2.05, 4.69) is 58.6 Å². The van der Waals surface area contributed by atoms with Gasteiger partial charge >= 0.3 is 0 Å². The summed E-state index contributed by atoms with van der Waals surface area (Å²) in [7, 11) is 1.83. The smallest absolute Gasteiger partial charge is 0.191 e. The Kier molecular flexibility index (Phi) is 8.60. The fourth-order valence-electron chi connectivity index (χ4n) is 3.03. The first-order valence-corrected chi connectivity index (χ1v) is 9.61. The third kappa shape index (κ3) is 6.94. The van der Waals surface area contributed by atoms with Crippen LogP contribution in [-0.2, 0) is 11.3 Å². The number of anilines is 1. The zero-order chi connectivity index (χ0) is 17.9. The van der Waals surface area contributed by atoms with Crippen LogP contribution in [0.15, 0.2) is 29.3 Å². The van der Waals surface area contributed by atoms with Gasteiger partial charge in [-0.3, -0.25) is 4.99 Å². The molecule has 0 radical (unpaired) electrons. The molecule has 0 amide bonds. The van der Waals surface area contributed by atoms with Gasteiger partial charge in [0.2, 0.25) is 0 Å². The quantitative estimate of drug-likeness (QED) is 0.431. The molecule has 0 aliphatic carbocycles. The molecule has 0 aromatic heterocycles. The normalized spacial score (nSPS) is 16.6. The Labute approximate surface area is 152 Å². The first-order valence-electron chi connectivity index (χ1n) is 9.61. The second-order valence-corrected chi connectivity index (χ2v) is 6.73. The average Bonchev–Trinajstić information content (AvgIpc) is 2.66. The van der Waals surface area contributed by atoms with E-state index in [1.165, 1.54) is 36.9 Å². The third-order valence-electron chi connectivity index (χ3n) is 4.62. The minimum absolute atomic E-state index is 0.446. The van der Waals surface area contributed by atoms with Gasteiger partial charge in [0.05, 0.1) is 13.2 Å². The number of benzene rings is 1. The van der Waals surface area contributed by atoms with Crippen LogP contribution in [0.25, 0.3) is 0 Å². The maximum Gasteiger partial charge on any atom is 0.191 e. The molecule has 1 heterocycles. The summed E-state index contributed by atoms with van der Waals surface area (Å²) in [5.41, 5.74) is 2.54. The number of nitrogens with zero attached hydrogens (tertiary/aromatic N) is 2. The molecule has 1 aromatic rings. The molecule has 140 valence electrons. The molecule has 0 saturated carbocycles. The van der Waals surface area contributed by atoms with Crippen LogP contribution < -0.4 is 15.5 Å². The molecule has 1 fully saturated rings. The lowest BCUT2D eigenvalue weighted by molar-refractivity contribution is 0.122. The van der Waals surface area contributed by atoms with Gasteiger partial charge < -0.3 is 20.3 Å². The number of rotatable bonds is 8. The number of ether oxygens (including phenoxy) is 1. The first-order chi connectivity index (χ1) is 12.2. The summed E-state index contributed by atoms with van der Waals surface area (Å²) in [6, 6.07) is 9.23. The van der Waals surface area contributed by atoms with Gasteiger partial charge in [0, 0.05) is 38.4 Å². The Morgan fingerprint density at radius 1 is 1.20 bits per heavy atom. The Morgan fingerprint density at radius 2 is 1.92 bits per heavy atom. The predicted molar refractivity (Wildman–Crippen MR) is 106 cm³/mol. The zero-order valence-electron chi connectivity index (χ0n) is 16.1. The van der Waals surface area contributed by atoms with E-state index in [0.29, 0.717) is 6.04 Å². The molecule has 25 heavy (non-hydrogen) atoms. The van der Waals surface area contributed by atoms with E-state index >= 15 is 0 Å². The largest absolute Gasteiger partial charge is 0.378 e. The van der Waals surface area contributed by atoms with E-state index in [1.807, 2.05) is 7.05 Å². The van der Waals surface area contributed by atoms with Crippen LogP contribution in [0.1, 0.15) is 45.1 Å². The lowest BCUT2D eigenvalue weighted by Gasteiger charge is -2.29. The van der Waals surface area contributed by atoms with Crippen molar-refractivity contribution in [2.75, 3.05) is 38.3 Å². The second kappa shape index (κ2) is 11.0. The molecular formula is C20H34N4O. The van der Waals surface area contributed by atoms with Crippen molar-refractivity contribution in [2.45, 2.75) is 52.1 Å². The predicted octanol–water partition coefficient (Wildman–Crippen LogP) is 3.16. The maximum atomic E-state index is 5.41. The second-order valence-electron chi connectivity index (χ2n) is 6.73. The summed E-state index contributed by atoms with van der Waals surface area (Å²) in [6.45, 7) is 8.84. The van der Waals surface area contributed by atoms with Crippen molar-refractivity contribution in [3.63, 3.8) is 0 Å². The van der Waals surface area contributed by atoms with E-state index in [1.54, 1.807) is 0 Å². The van der Waals surface area contributed by atoms with Crippen LogP contribution in [0.3, 0.4) is 0 Å². The van der Waals surface area contributed by atoms with Crippen LogP contribution in [0.5, 0.6) is 0 Å². The molecule has 0 spiro atoms. The average molecular weight is 347 g/mol. The molecule has 0 bridgehead atoms. The minimum atomic E-state index is 0.446. The van der Waals surface area contributed by atoms with Crippen molar-refractivity contribution in [3.8, 4) is 0 Å². The van der Waals surface area contributed by atoms with Crippen LogP contribution in [0, 0.1) is 0 Å². The SMILES string of the molecule is CCCCCC(C)NC(=NC)NCc1ccc(N2CCOCC2)cc1. The fourth-order valence-corrected chi connectivity index (χ4v) is 3.03. The van der Waals surface area contributed by atoms with Gasteiger partial charge in [-0.1, -0.05) is 38.3 Å². The number of morpholine rings is 1. The van der Waals surface area contributed by atoms with Gasteiger partial charge in [-0.25, -0.2) is 0 Å². The minimum Gasteiger partial charge on any atom is -0.378 e. The van der Waals surface area contributed by atoms with Gasteiger partial charge in [0.25, 0.3) is 0 Å². The van der Waals surface area contributed by atoms with E-state index in [-0.39, 0.29) is 0 Å². The maximum absolute atomic E-state index is 5.41. The Bertz CT molecular complexity index is 509. The molecule has 1 atom stereocenters. The molecule has 2 N–H and O–H groups in total. The summed E-state index contributed by atoms with van der Waals surface area (Å²) in [6.07, 6.45) is 5.02. The lowest BCUT2D eigenvalue weighted by Crippen LogP contribution is -2.41. The molecular weight excluding hydrogens is 312 g/mol. The van der Waals surface area contributed by atoms with Crippen molar-refractivity contribution in [3.05, 3.63) is 29.8 Å². The molecule has 5 nitrogen and oxygen atoms in total. The van der Waals surface area contributed by atoms with Crippen LogP contribution in [0.2, 0.25) is 0 Å². The van der Waals surface area contributed by atoms with E-state index < -0.39 is 0 Å². The number of hydrogen-bond donors (Lipinski definition) is 2. The van der Waals surface area contributed by atoms with Gasteiger partial charge in [0.1, 0.15) is 0 Å².